The molecule has 6 nitrogen and oxygen atoms in total. The monoisotopic (exact) mass is 1070 g/mol. The minimum Gasteiger partial charge on any atom is -0.466 e. The second kappa shape index (κ2) is 65.9. The van der Waals surface area contributed by atoms with Gasteiger partial charge in [0.2, 0.25) is 5.91 Å². The Morgan fingerprint density at radius 1 is 0.355 bits per heavy atom. The molecular formula is C70H135NO5. The maximum Gasteiger partial charge on any atom is 0.305 e. The fraction of sp³-hybridized carbons (Fsp3) is 0.914. The average molecular weight is 1070 g/mol. The van der Waals surface area contributed by atoms with Crippen LogP contribution < -0.4 is 5.32 Å². The third-order valence-electron chi connectivity index (χ3n) is 16.2. The Kier molecular flexibility index (Phi) is 64.4. The molecular weight excluding hydrogens is 935 g/mol. The van der Waals surface area contributed by atoms with Crippen LogP contribution in [0.3, 0.4) is 0 Å². The molecule has 3 N–H and O–H groups in total. The summed E-state index contributed by atoms with van der Waals surface area (Å²) in [5.41, 5.74) is 0. The lowest BCUT2D eigenvalue weighted by Gasteiger charge is -2.22. The molecule has 0 aliphatic rings. The third kappa shape index (κ3) is 61.6. The lowest BCUT2D eigenvalue weighted by atomic mass is 10.0. The number of aliphatic hydroxyl groups excluding tert-OH is 2. The molecule has 0 fully saturated rings. The molecule has 0 aromatic heterocycles. The van der Waals surface area contributed by atoms with E-state index in [1.54, 1.807) is 0 Å². The number of hydrogen-bond acceptors (Lipinski definition) is 5. The normalized spacial score (nSPS) is 12.6. The van der Waals surface area contributed by atoms with Crippen LogP contribution in [-0.2, 0) is 14.3 Å². The van der Waals surface area contributed by atoms with Crippen molar-refractivity contribution in [2.75, 3.05) is 13.2 Å². The van der Waals surface area contributed by atoms with E-state index >= 15 is 0 Å². The van der Waals surface area contributed by atoms with Gasteiger partial charge < -0.3 is 20.3 Å². The summed E-state index contributed by atoms with van der Waals surface area (Å²) >= 11 is 0. The molecule has 2 unspecified atom stereocenters. The zero-order chi connectivity index (χ0) is 55.0. The number of ether oxygens (including phenoxy) is 1. The van der Waals surface area contributed by atoms with Crippen LogP contribution in [0.4, 0.5) is 0 Å². The molecule has 0 saturated heterocycles. The molecule has 0 aliphatic carbocycles. The first-order valence-corrected chi connectivity index (χ1v) is 34.6. The van der Waals surface area contributed by atoms with Gasteiger partial charge in [0.05, 0.1) is 25.4 Å². The molecule has 0 bridgehead atoms. The van der Waals surface area contributed by atoms with E-state index in [0.717, 1.165) is 44.9 Å². The number of esters is 1. The summed E-state index contributed by atoms with van der Waals surface area (Å²) in [7, 11) is 0. The molecule has 0 spiro atoms. The van der Waals surface area contributed by atoms with Gasteiger partial charge in [0, 0.05) is 12.8 Å². The van der Waals surface area contributed by atoms with Crippen molar-refractivity contribution in [2.24, 2.45) is 0 Å². The van der Waals surface area contributed by atoms with Crippen molar-refractivity contribution >= 4 is 11.9 Å². The van der Waals surface area contributed by atoms with E-state index < -0.39 is 12.1 Å². The predicted octanol–water partition coefficient (Wildman–Crippen LogP) is 22.1. The maximum atomic E-state index is 12.5. The van der Waals surface area contributed by atoms with Crippen molar-refractivity contribution < 1.29 is 24.5 Å². The Bertz CT molecular complexity index is 1190. The van der Waals surface area contributed by atoms with Gasteiger partial charge in [-0.25, -0.2) is 0 Å². The number of nitrogens with one attached hydrogen (secondary N) is 1. The maximum absolute atomic E-state index is 12.5. The molecule has 1 amide bonds. The number of unbranched alkanes of at least 4 members (excludes halogenated alkanes) is 50. The van der Waals surface area contributed by atoms with E-state index in [0.29, 0.717) is 25.9 Å². The Balaban J connectivity index is 3.32. The van der Waals surface area contributed by atoms with Crippen LogP contribution >= 0.6 is 0 Å². The van der Waals surface area contributed by atoms with E-state index in [4.69, 9.17) is 4.74 Å². The summed E-state index contributed by atoms with van der Waals surface area (Å²) in [6.45, 7) is 4.95. The van der Waals surface area contributed by atoms with Gasteiger partial charge in [-0.1, -0.05) is 321 Å². The number of carbonyl (C=O) groups excluding carboxylic acids is 2. The zero-order valence-electron chi connectivity index (χ0n) is 51.5. The van der Waals surface area contributed by atoms with Crippen LogP contribution in [0, 0.1) is 0 Å². The fourth-order valence-corrected chi connectivity index (χ4v) is 10.9. The van der Waals surface area contributed by atoms with Crippen molar-refractivity contribution in [2.45, 2.75) is 398 Å². The third-order valence-corrected chi connectivity index (χ3v) is 16.2. The Morgan fingerprint density at radius 2 is 0.618 bits per heavy atom. The summed E-state index contributed by atoms with van der Waals surface area (Å²) in [4.78, 5) is 24.5. The molecule has 0 heterocycles. The first-order chi connectivity index (χ1) is 37.5. The van der Waals surface area contributed by atoms with Crippen molar-refractivity contribution in [1.82, 2.24) is 5.32 Å². The highest BCUT2D eigenvalue weighted by atomic mass is 16.5. The highest BCUT2D eigenvalue weighted by Gasteiger charge is 2.20. The van der Waals surface area contributed by atoms with Crippen LogP contribution in [0.15, 0.2) is 24.3 Å². The lowest BCUT2D eigenvalue weighted by Crippen LogP contribution is -2.45. The van der Waals surface area contributed by atoms with Crippen molar-refractivity contribution in [3.05, 3.63) is 24.3 Å². The number of aliphatic hydroxyl groups is 2. The van der Waals surface area contributed by atoms with E-state index in [-0.39, 0.29) is 18.5 Å². The number of hydrogen-bond donors (Lipinski definition) is 3. The number of allylic oxidation sites excluding steroid dienone is 4. The Hall–Kier alpha value is -1.66. The van der Waals surface area contributed by atoms with Crippen LogP contribution in [0.1, 0.15) is 386 Å². The van der Waals surface area contributed by atoms with Gasteiger partial charge in [-0.05, 0) is 77.0 Å². The number of amides is 1. The Morgan fingerprint density at radius 3 is 0.961 bits per heavy atom. The van der Waals surface area contributed by atoms with Gasteiger partial charge in [0.25, 0.3) is 0 Å². The van der Waals surface area contributed by atoms with E-state index in [9.17, 15) is 19.8 Å². The Labute approximate surface area is 475 Å². The molecule has 2 atom stereocenters. The standard InChI is InChI=1S/C70H135NO5/c1-3-5-7-9-11-13-15-42-46-50-54-58-62-68(73)67(66-72)71-69(74)63-59-55-51-47-43-40-38-36-34-32-30-28-26-24-22-20-18-17-19-21-23-25-27-29-31-33-35-37-39-41-45-49-53-57-61-65-76-70(75)64-60-56-52-48-44-16-14-12-10-8-6-4-2/h12,14,19,21,67-68,72-73H,3-11,13,15-18,20,22-66H2,1-2H3,(H,71,74)/b14-12-,21-19-. The van der Waals surface area contributed by atoms with E-state index in [2.05, 4.69) is 43.5 Å². The molecule has 6 heteroatoms. The summed E-state index contributed by atoms with van der Waals surface area (Å²) in [6.07, 6.45) is 82.4. The second-order valence-corrected chi connectivity index (χ2v) is 23.9. The van der Waals surface area contributed by atoms with Gasteiger partial charge in [-0.3, -0.25) is 9.59 Å². The lowest BCUT2D eigenvalue weighted by molar-refractivity contribution is -0.143. The average Bonchev–Trinajstić information content (AvgIpc) is 3.42. The van der Waals surface area contributed by atoms with Crippen molar-refractivity contribution in [1.29, 1.82) is 0 Å². The highest BCUT2D eigenvalue weighted by Crippen LogP contribution is 2.19. The molecule has 0 saturated carbocycles. The summed E-state index contributed by atoms with van der Waals surface area (Å²) in [5, 5.41) is 23.3. The molecule has 0 aromatic carbocycles. The minimum absolute atomic E-state index is 0.0104. The quantitative estimate of drug-likeness (QED) is 0.0320. The highest BCUT2D eigenvalue weighted by molar-refractivity contribution is 5.76. The predicted molar refractivity (Wildman–Crippen MR) is 333 cm³/mol. The first kappa shape index (κ1) is 74.3. The van der Waals surface area contributed by atoms with E-state index in [1.165, 1.54) is 308 Å². The summed E-state index contributed by atoms with van der Waals surface area (Å²) < 4.78 is 5.47. The van der Waals surface area contributed by atoms with E-state index in [1.807, 2.05) is 0 Å². The minimum atomic E-state index is -0.660. The molecule has 0 rings (SSSR count). The molecule has 450 valence electrons. The fourth-order valence-electron chi connectivity index (χ4n) is 10.9. The van der Waals surface area contributed by atoms with Crippen LogP contribution in [0.5, 0.6) is 0 Å². The van der Waals surface area contributed by atoms with Crippen LogP contribution in [-0.4, -0.2) is 47.4 Å². The summed E-state index contributed by atoms with van der Waals surface area (Å²) in [5.74, 6) is -0.0196. The van der Waals surface area contributed by atoms with Gasteiger partial charge in [-0.2, -0.15) is 0 Å². The first-order valence-electron chi connectivity index (χ1n) is 34.6. The van der Waals surface area contributed by atoms with Gasteiger partial charge in [0.1, 0.15) is 0 Å². The van der Waals surface area contributed by atoms with Crippen molar-refractivity contribution in [3.8, 4) is 0 Å². The SMILES string of the molecule is CCCCC/C=C\CCCCCCCC(=O)OCCCCCCCCCCCCCCCC/C=C\CCCCCCCCCCCCCCCCCCCC(=O)NC(CO)C(O)CCCCCCCCCCCCCC. The number of rotatable bonds is 65. The van der Waals surface area contributed by atoms with Crippen molar-refractivity contribution in [3.63, 3.8) is 0 Å². The molecule has 0 aliphatic heterocycles. The van der Waals surface area contributed by atoms with Crippen LogP contribution in [0.2, 0.25) is 0 Å². The smallest absolute Gasteiger partial charge is 0.305 e. The molecule has 0 aromatic rings. The van der Waals surface area contributed by atoms with Crippen LogP contribution in [0.25, 0.3) is 0 Å². The zero-order valence-corrected chi connectivity index (χ0v) is 51.5. The largest absolute Gasteiger partial charge is 0.466 e. The summed E-state index contributed by atoms with van der Waals surface area (Å²) in [6, 6.07) is -0.537. The van der Waals surface area contributed by atoms with Gasteiger partial charge in [-0.15, -0.1) is 0 Å². The van der Waals surface area contributed by atoms with Gasteiger partial charge in [0.15, 0.2) is 0 Å². The topological polar surface area (TPSA) is 95.9 Å². The molecule has 76 heavy (non-hydrogen) atoms. The number of carbonyl (C=O) groups is 2. The molecule has 0 radical (unpaired) electrons. The van der Waals surface area contributed by atoms with Gasteiger partial charge >= 0.3 is 5.97 Å². The second-order valence-electron chi connectivity index (χ2n) is 23.9.